The molecule has 0 unspecified atom stereocenters. The lowest BCUT2D eigenvalue weighted by Gasteiger charge is -2.29. The molecule has 47 heavy (non-hydrogen) atoms. The summed E-state index contributed by atoms with van der Waals surface area (Å²) in [6.07, 6.45) is 12.9. The normalized spacial score (nSPS) is 22.0. The lowest BCUT2D eigenvalue weighted by atomic mass is 9.77. The van der Waals surface area contributed by atoms with Gasteiger partial charge in [0.25, 0.3) is 0 Å². The first-order valence-corrected chi connectivity index (χ1v) is 18.8. The highest BCUT2D eigenvalue weighted by molar-refractivity contribution is 5.27. The Balaban J connectivity index is 0.000000256. The van der Waals surface area contributed by atoms with Gasteiger partial charge in [0.15, 0.2) is 0 Å². The Morgan fingerprint density at radius 3 is 1.15 bits per heavy atom. The molecule has 266 valence electrons. The van der Waals surface area contributed by atoms with Gasteiger partial charge < -0.3 is 0 Å². The molecule has 0 spiro atoms. The zero-order valence-corrected chi connectivity index (χ0v) is 29.0. The van der Waals surface area contributed by atoms with E-state index in [4.69, 9.17) is 0 Å². The van der Waals surface area contributed by atoms with Crippen LogP contribution in [0, 0.1) is 11.8 Å². The van der Waals surface area contributed by atoms with Gasteiger partial charge in [-0.1, -0.05) is 120 Å². The highest BCUT2D eigenvalue weighted by Gasteiger charge is 2.28. The second kappa shape index (κ2) is 20.5. The van der Waals surface area contributed by atoms with Crippen molar-refractivity contribution in [2.24, 2.45) is 11.8 Å². The fourth-order valence-electron chi connectivity index (χ4n) is 7.60. The molecule has 2 saturated carbocycles. The molecule has 0 radical (unpaired) electrons. The molecule has 6 heteroatoms. The maximum absolute atomic E-state index is 12.3. The molecule has 0 aliphatic heterocycles. The predicted molar refractivity (Wildman–Crippen MR) is 184 cm³/mol. The molecular weight excluding hydrogens is 606 g/mol. The van der Waals surface area contributed by atoms with E-state index in [1.807, 2.05) is 36.4 Å². The van der Waals surface area contributed by atoms with Gasteiger partial charge in [-0.2, -0.15) is 26.3 Å². The van der Waals surface area contributed by atoms with Gasteiger partial charge in [0.05, 0.1) is 0 Å². The van der Waals surface area contributed by atoms with E-state index in [1.54, 1.807) is 0 Å². The van der Waals surface area contributed by atoms with Crippen molar-refractivity contribution in [1.29, 1.82) is 0 Å². The van der Waals surface area contributed by atoms with E-state index >= 15 is 0 Å². The first-order valence-electron chi connectivity index (χ1n) is 18.8. The molecule has 2 aromatic carbocycles. The third kappa shape index (κ3) is 16.3. The summed E-state index contributed by atoms with van der Waals surface area (Å²) in [5.74, 6) is 3.00. The van der Waals surface area contributed by atoms with Crippen LogP contribution in [0.15, 0.2) is 48.5 Å². The molecule has 0 nitrogen and oxygen atoms in total. The molecule has 0 amide bonds. The maximum atomic E-state index is 12.3. The van der Waals surface area contributed by atoms with Crippen molar-refractivity contribution in [1.82, 2.24) is 0 Å². The summed E-state index contributed by atoms with van der Waals surface area (Å²) in [6.45, 7) is 4.49. The van der Waals surface area contributed by atoms with Crippen molar-refractivity contribution in [2.75, 3.05) is 0 Å². The number of unbranched alkanes of at least 4 members (excludes halogenated alkanes) is 5. The van der Waals surface area contributed by atoms with E-state index in [2.05, 4.69) is 26.0 Å². The lowest BCUT2D eigenvalue weighted by Crippen LogP contribution is -2.13. The molecule has 2 aromatic rings. The summed E-state index contributed by atoms with van der Waals surface area (Å²) < 4.78 is 73.6. The van der Waals surface area contributed by atoms with Crippen molar-refractivity contribution in [3.63, 3.8) is 0 Å². The minimum Gasteiger partial charge on any atom is -0.171 e. The van der Waals surface area contributed by atoms with E-state index < -0.39 is 25.2 Å². The third-order valence-electron chi connectivity index (χ3n) is 10.7. The Morgan fingerprint density at radius 2 is 0.809 bits per heavy atom. The second-order valence-electron chi connectivity index (χ2n) is 14.5. The van der Waals surface area contributed by atoms with Crippen LogP contribution in [0.2, 0.25) is 0 Å². The minimum absolute atomic E-state index is 0.0912. The molecule has 4 rings (SSSR count). The molecule has 2 fully saturated rings. The Hall–Kier alpha value is -1.98. The van der Waals surface area contributed by atoms with Crippen LogP contribution in [0.3, 0.4) is 0 Å². The third-order valence-corrected chi connectivity index (χ3v) is 10.7. The van der Waals surface area contributed by atoms with Gasteiger partial charge in [0.2, 0.25) is 0 Å². The number of hydrogen-bond donors (Lipinski definition) is 0. The van der Waals surface area contributed by atoms with Crippen LogP contribution in [0.4, 0.5) is 26.3 Å². The Labute approximate surface area is 281 Å². The molecule has 2 aliphatic rings. The van der Waals surface area contributed by atoms with Crippen LogP contribution in [0.25, 0.3) is 0 Å². The average Bonchev–Trinajstić information content (AvgIpc) is 3.06. The van der Waals surface area contributed by atoms with Crippen molar-refractivity contribution >= 4 is 0 Å². The number of aryl methyl sites for hydroxylation is 2. The summed E-state index contributed by atoms with van der Waals surface area (Å²) >= 11 is 0. The standard InChI is InChI=1S/C21H31F3.C20H29F3/c1-2-3-4-5-6-17-7-11-19(12-8-17)20-13-9-18(10-14-20)15-16-21(22,23)24;1-2-3-4-5-16-6-10-18(11-7-16)19-12-8-17(9-13-19)14-15-20(21,22)23/h9-10,13-14,17,19H,2-8,11-12,15-16H2,1H3;8-9,12-13,16,18H,2-7,10-11,14-15H2,1H3/t17-,19-;16-,18-. The largest absolute Gasteiger partial charge is 0.389 e. The van der Waals surface area contributed by atoms with Gasteiger partial charge >= 0.3 is 12.4 Å². The smallest absolute Gasteiger partial charge is 0.171 e. The van der Waals surface area contributed by atoms with Crippen LogP contribution in [-0.2, 0) is 12.8 Å². The maximum Gasteiger partial charge on any atom is 0.389 e. The van der Waals surface area contributed by atoms with E-state index in [9.17, 15) is 26.3 Å². The summed E-state index contributed by atoms with van der Waals surface area (Å²) in [6, 6.07) is 15.7. The summed E-state index contributed by atoms with van der Waals surface area (Å²) in [4.78, 5) is 0. The summed E-state index contributed by atoms with van der Waals surface area (Å²) in [5.41, 5.74) is 4.21. The number of rotatable bonds is 15. The number of alkyl halides is 6. The zero-order chi connectivity index (χ0) is 34.1. The molecule has 2 aliphatic carbocycles. The van der Waals surface area contributed by atoms with E-state index in [-0.39, 0.29) is 12.8 Å². The van der Waals surface area contributed by atoms with Gasteiger partial charge in [-0.25, -0.2) is 0 Å². The molecule has 0 saturated heterocycles. The topological polar surface area (TPSA) is 0 Å². The second-order valence-corrected chi connectivity index (χ2v) is 14.5. The van der Waals surface area contributed by atoms with Crippen molar-refractivity contribution < 1.29 is 26.3 Å². The van der Waals surface area contributed by atoms with Crippen LogP contribution in [-0.4, -0.2) is 12.4 Å². The number of hydrogen-bond acceptors (Lipinski definition) is 0. The van der Waals surface area contributed by atoms with Crippen LogP contribution in [0.1, 0.15) is 170 Å². The average molecular weight is 667 g/mol. The van der Waals surface area contributed by atoms with Gasteiger partial charge in [-0.05, 0) is 110 Å². The van der Waals surface area contributed by atoms with Crippen LogP contribution >= 0.6 is 0 Å². The van der Waals surface area contributed by atoms with Gasteiger partial charge in [-0.15, -0.1) is 0 Å². The van der Waals surface area contributed by atoms with Crippen molar-refractivity contribution in [2.45, 2.75) is 173 Å². The molecule has 0 bridgehead atoms. The summed E-state index contributed by atoms with van der Waals surface area (Å²) in [5, 5.41) is 0. The van der Waals surface area contributed by atoms with Crippen molar-refractivity contribution in [3.8, 4) is 0 Å². The number of benzene rings is 2. The quantitative estimate of drug-likeness (QED) is 0.131. The van der Waals surface area contributed by atoms with Gasteiger partial charge in [-0.3, -0.25) is 0 Å². The molecule has 0 atom stereocenters. The highest BCUT2D eigenvalue weighted by atomic mass is 19.4. The fraction of sp³-hybridized carbons (Fsp3) is 0.707. The molecule has 0 aromatic heterocycles. The zero-order valence-electron chi connectivity index (χ0n) is 29.0. The fourth-order valence-corrected chi connectivity index (χ4v) is 7.60. The Kier molecular flexibility index (Phi) is 17.2. The molecule has 0 heterocycles. The molecule has 0 N–H and O–H groups in total. The minimum atomic E-state index is -4.06. The van der Waals surface area contributed by atoms with Gasteiger partial charge in [0, 0.05) is 12.8 Å². The number of halogens is 6. The van der Waals surface area contributed by atoms with Crippen molar-refractivity contribution in [3.05, 3.63) is 70.8 Å². The van der Waals surface area contributed by atoms with Gasteiger partial charge in [0.1, 0.15) is 0 Å². The first-order chi connectivity index (χ1) is 22.5. The first kappa shape index (κ1) is 39.5. The lowest BCUT2D eigenvalue weighted by molar-refractivity contribution is -0.134. The predicted octanol–water partition coefficient (Wildman–Crippen LogP) is 14.5. The van der Waals surface area contributed by atoms with Crippen LogP contribution < -0.4 is 0 Å². The Bertz CT molecular complexity index is 1070. The Morgan fingerprint density at radius 1 is 0.468 bits per heavy atom. The van der Waals surface area contributed by atoms with E-state index in [1.165, 1.54) is 120 Å². The van der Waals surface area contributed by atoms with Crippen LogP contribution in [0.5, 0.6) is 0 Å². The van der Waals surface area contributed by atoms with E-state index in [0.717, 1.165) is 23.0 Å². The van der Waals surface area contributed by atoms with E-state index in [0.29, 0.717) is 11.8 Å². The SMILES string of the molecule is CCCCCC[C@H]1CC[C@H](c2ccc(CCC(F)(F)F)cc2)CC1.CCCCC[C@H]1CC[C@H](c2ccc(CCC(F)(F)F)cc2)CC1. The highest BCUT2D eigenvalue weighted by Crippen LogP contribution is 2.39. The summed E-state index contributed by atoms with van der Waals surface area (Å²) in [7, 11) is 0. The monoisotopic (exact) mass is 666 g/mol. The molecular formula is C41H60F6.